The van der Waals surface area contributed by atoms with E-state index in [1.54, 1.807) is 0 Å². The van der Waals surface area contributed by atoms with Crippen LogP contribution < -0.4 is 10.5 Å². The Morgan fingerprint density at radius 1 is 1.19 bits per heavy atom. The van der Waals surface area contributed by atoms with E-state index in [1.807, 2.05) is 24.3 Å². The molecule has 0 heterocycles. The monoisotopic (exact) mass is 290 g/mol. The van der Waals surface area contributed by atoms with Gasteiger partial charge in [-0.3, -0.25) is 0 Å². The van der Waals surface area contributed by atoms with Gasteiger partial charge in [-0.25, -0.2) is 0 Å². The van der Waals surface area contributed by atoms with Crippen LogP contribution >= 0.6 is 0 Å². The first-order valence-electron chi connectivity index (χ1n) is 8.39. The highest BCUT2D eigenvalue weighted by atomic mass is 16.5. The summed E-state index contributed by atoms with van der Waals surface area (Å²) in [4.78, 5) is 2.47. The number of hydrogen-bond donors (Lipinski definition) is 1. The molecule has 0 aromatic heterocycles. The number of para-hydroxylation sites is 1. The Hall–Kier alpha value is -1.06. The molecular formula is C18H30N2O. The van der Waals surface area contributed by atoms with Crippen molar-refractivity contribution in [3.05, 3.63) is 29.8 Å². The number of hydrogen-bond acceptors (Lipinski definition) is 3. The molecule has 1 saturated carbocycles. The summed E-state index contributed by atoms with van der Waals surface area (Å²) < 4.78 is 5.86. The third kappa shape index (κ3) is 5.68. The van der Waals surface area contributed by atoms with Gasteiger partial charge in [-0.15, -0.1) is 0 Å². The van der Waals surface area contributed by atoms with E-state index in [1.165, 1.54) is 38.6 Å². The molecule has 2 rings (SSSR count). The van der Waals surface area contributed by atoms with Crippen LogP contribution in [-0.4, -0.2) is 31.6 Å². The molecule has 2 N–H and O–H groups in total. The van der Waals surface area contributed by atoms with Gasteiger partial charge in [0.25, 0.3) is 0 Å². The van der Waals surface area contributed by atoms with Gasteiger partial charge in [-0.2, -0.15) is 0 Å². The van der Waals surface area contributed by atoms with Gasteiger partial charge in [0, 0.05) is 25.2 Å². The van der Waals surface area contributed by atoms with Gasteiger partial charge in [0.2, 0.25) is 0 Å². The first kappa shape index (κ1) is 16.3. The van der Waals surface area contributed by atoms with Crippen LogP contribution in [0.25, 0.3) is 0 Å². The number of nitrogens with two attached hydrogens (primary N) is 1. The van der Waals surface area contributed by atoms with E-state index < -0.39 is 0 Å². The van der Waals surface area contributed by atoms with E-state index in [-0.39, 0.29) is 0 Å². The van der Waals surface area contributed by atoms with Crippen molar-refractivity contribution >= 4 is 0 Å². The van der Waals surface area contributed by atoms with E-state index in [0.717, 1.165) is 36.8 Å². The van der Waals surface area contributed by atoms with Gasteiger partial charge in [-0.1, -0.05) is 37.5 Å². The first-order chi connectivity index (χ1) is 10.3. The summed E-state index contributed by atoms with van der Waals surface area (Å²) >= 11 is 0. The largest absolute Gasteiger partial charge is 0.493 e. The third-order valence-corrected chi connectivity index (χ3v) is 4.43. The minimum absolute atomic E-state index is 0.539. The molecule has 1 aromatic rings. The summed E-state index contributed by atoms with van der Waals surface area (Å²) in [6.45, 7) is 3.67. The third-order valence-electron chi connectivity index (χ3n) is 4.43. The van der Waals surface area contributed by atoms with Gasteiger partial charge >= 0.3 is 0 Å². The topological polar surface area (TPSA) is 38.5 Å². The second-order valence-electron chi connectivity index (χ2n) is 6.28. The summed E-state index contributed by atoms with van der Waals surface area (Å²) in [6, 6.07) is 8.05. The fourth-order valence-corrected chi connectivity index (χ4v) is 3.23. The molecule has 0 aliphatic heterocycles. The Morgan fingerprint density at radius 2 is 1.95 bits per heavy atom. The first-order valence-corrected chi connectivity index (χ1v) is 8.39. The zero-order chi connectivity index (χ0) is 14.9. The molecule has 0 radical (unpaired) electrons. The van der Waals surface area contributed by atoms with Crippen molar-refractivity contribution in [3.63, 3.8) is 0 Å². The number of benzene rings is 1. The highest BCUT2D eigenvalue weighted by Crippen LogP contribution is 2.24. The maximum atomic E-state index is 5.86. The second kappa shape index (κ2) is 9.06. The summed E-state index contributed by atoms with van der Waals surface area (Å²) in [5.74, 6) is 1.86. The number of rotatable bonds is 8. The zero-order valence-corrected chi connectivity index (χ0v) is 13.4. The quantitative estimate of drug-likeness (QED) is 0.746. The summed E-state index contributed by atoms with van der Waals surface area (Å²) in [5, 5.41) is 0. The minimum Gasteiger partial charge on any atom is -0.493 e. The lowest BCUT2D eigenvalue weighted by Gasteiger charge is -2.27. The number of nitrogens with zero attached hydrogens (tertiary/aromatic N) is 1. The standard InChI is InChI=1S/C18H30N2O/c1-20(15-16-8-3-2-4-9-16)12-7-13-21-18-11-6-5-10-17(18)14-19/h5-6,10-11,16H,2-4,7-9,12-15,19H2,1H3. The van der Waals surface area contributed by atoms with Crippen molar-refractivity contribution in [2.75, 3.05) is 26.7 Å². The van der Waals surface area contributed by atoms with E-state index in [9.17, 15) is 0 Å². The van der Waals surface area contributed by atoms with Crippen LogP contribution in [0.5, 0.6) is 5.75 Å². The average Bonchev–Trinajstić information content (AvgIpc) is 2.53. The van der Waals surface area contributed by atoms with E-state index in [4.69, 9.17) is 10.5 Å². The summed E-state index contributed by atoms with van der Waals surface area (Å²) in [5.41, 5.74) is 6.81. The van der Waals surface area contributed by atoms with Crippen molar-refractivity contribution < 1.29 is 4.74 Å². The highest BCUT2D eigenvalue weighted by molar-refractivity contribution is 5.32. The maximum Gasteiger partial charge on any atom is 0.123 e. The van der Waals surface area contributed by atoms with Crippen LogP contribution in [-0.2, 0) is 6.54 Å². The fraction of sp³-hybridized carbons (Fsp3) is 0.667. The van der Waals surface area contributed by atoms with Crippen LogP contribution in [0, 0.1) is 5.92 Å². The molecule has 0 unspecified atom stereocenters. The Morgan fingerprint density at radius 3 is 2.71 bits per heavy atom. The van der Waals surface area contributed by atoms with Crippen LogP contribution in [0.2, 0.25) is 0 Å². The van der Waals surface area contributed by atoms with Crippen molar-refractivity contribution in [3.8, 4) is 5.75 Å². The van der Waals surface area contributed by atoms with Crippen LogP contribution in [0.1, 0.15) is 44.1 Å². The molecule has 21 heavy (non-hydrogen) atoms. The lowest BCUT2D eigenvalue weighted by Crippen LogP contribution is -2.28. The van der Waals surface area contributed by atoms with Gasteiger partial charge in [0.05, 0.1) is 6.61 Å². The molecule has 1 fully saturated rings. The molecule has 3 nitrogen and oxygen atoms in total. The Bertz CT molecular complexity index is 402. The second-order valence-corrected chi connectivity index (χ2v) is 6.28. The smallest absolute Gasteiger partial charge is 0.123 e. The molecule has 0 atom stereocenters. The van der Waals surface area contributed by atoms with Crippen molar-refractivity contribution in [1.29, 1.82) is 0 Å². The van der Waals surface area contributed by atoms with Crippen LogP contribution in [0.4, 0.5) is 0 Å². The predicted octanol–water partition coefficient (Wildman–Crippen LogP) is 3.43. The van der Waals surface area contributed by atoms with E-state index in [2.05, 4.69) is 11.9 Å². The Kier molecular flexibility index (Phi) is 7.04. The molecule has 0 saturated heterocycles. The highest BCUT2D eigenvalue weighted by Gasteiger charge is 2.15. The van der Waals surface area contributed by atoms with Crippen LogP contribution in [0.3, 0.4) is 0 Å². The zero-order valence-electron chi connectivity index (χ0n) is 13.4. The van der Waals surface area contributed by atoms with E-state index in [0.29, 0.717) is 6.54 Å². The molecule has 1 aliphatic rings. The average molecular weight is 290 g/mol. The predicted molar refractivity (Wildman–Crippen MR) is 88.5 cm³/mol. The molecule has 0 spiro atoms. The molecule has 1 aliphatic carbocycles. The van der Waals surface area contributed by atoms with Crippen molar-refractivity contribution in [1.82, 2.24) is 4.90 Å². The fourth-order valence-electron chi connectivity index (χ4n) is 3.23. The maximum absolute atomic E-state index is 5.86. The number of ether oxygens (including phenoxy) is 1. The molecule has 0 bridgehead atoms. The Labute approximate surface area is 129 Å². The van der Waals surface area contributed by atoms with Gasteiger partial charge in [0.15, 0.2) is 0 Å². The molecular weight excluding hydrogens is 260 g/mol. The molecule has 0 amide bonds. The van der Waals surface area contributed by atoms with Gasteiger partial charge in [-0.05, 0) is 38.3 Å². The van der Waals surface area contributed by atoms with Crippen LogP contribution in [0.15, 0.2) is 24.3 Å². The normalized spacial score (nSPS) is 16.3. The molecule has 118 valence electrons. The SMILES string of the molecule is CN(CCCOc1ccccc1CN)CC1CCCCC1. The summed E-state index contributed by atoms with van der Waals surface area (Å²) in [6.07, 6.45) is 8.21. The lowest BCUT2D eigenvalue weighted by atomic mass is 9.89. The molecule has 1 aromatic carbocycles. The van der Waals surface area contributed by atoms with Gasteiger partial charge in [0.1, 0.15) is 5.75 Å². The van der Waals surface area contributed by atoms with Gasteiger partial charge < -0.3 is 15.4 Å². The molecule has 3 heteroatoms. The van der Waals surface area contributed by atoms with Crippen molar-refractivity contribution in [2.45, 2.75) is 45.1 Å². The minimum atomic E-state index is 0.539. The summed E-state index contributed by atoms with van der Waals surface area (Å²) in [7, 11) is 2.24. The van der Waals surface area contributed by atoms with Crippen molar-refractivity contribution in [2.24, 2.45) is 11.7 Å². The lowest BCUT2D eigenvalue weighted by molar-refractivity contribution is 0.213. The van der Waals surface area contributed by atoms with E-state index >= 15 is 0 Å². The Balaban J connectivity index is 1.62.